The fourth-order valence-corrected chi connectivity index (χ4v) is 2.00. The Labute approximate surface area is 126 Å². The molecule has 2 aromatic heterocycles. The summed E-state index contributed by atoms with van der Waals surface area (Å²) in [7, 11) is -4.94. The fraction of sp³-hybridized carbons (Fsp3) is 0. The molecule has 3 aromatic rings. The lowest BCUT2D eigenvalue weighted by atomic mass is 10.1. The summed E-state index contributed by atoms with van der Waals surface area (Å²) in [6.07, 6.45) is 3.71. The number of halogens is 1. The van der Waals surface area contributed by atoms with E-state index in [-0.39, 0.29) is 10.6 Å². The van der Waals surface area contributed by atoms with E-state index in [9.17, 15) is 10.1 Å². The number of nitrogens with zero attached hydrogens (tertiary/aromatic N) is 2. The maximum absolute atomic E-state index is 10.9. The number of rotatable bonds is 1. The molecule has 0 saturated heterocycles. The third kappa shape index (κ3) is 4.07. The molecule has 0 aliphatic carbocycles. The van der Waals surface area contributed by atoms with E-state index in [0.29, 0.717) is 5.52 Å². The van der Waals surface area contributed by atoms with Crippen molar-refractivity contribution in [2.24, 2.45) is 0 Å². The number of hydrogen-bond donors (Lipinski definition) is 0. The summed E-state index contributed by atoms with van der Waals surface area (Å²) < 4.78 is 35.8. The number of hydrogen-bond acceptors (Lipinski definition) is 6. The summed E-state index contributed by atoms with van der Waals surface area (Å²) in [5.74, 6) is 0. The molecule has 0 radical (unpaired) electrons. The third-order valence-corrected chi connectivity index (χ3v) is 2.80. The lowest BCUT2D eigenvalue weighted by Gasteiger charge is -2.17. The highest BCUT2D eigenvalue weighted by atomic mass is 35.7. The number of fused-ring (bicyclic) bond motifs is 2. The molecule has 0 aliphatic heterocycles. The minimum Gasteiger partial charge on any atom is -0.258 e. The molecule has 0 fully saturated rings. The predicted octanol–water partition coefficient (Wildman–Crippen LogP) is -2.27. The maximum Gasteiger partial charge on any atom is 0.340 e. The van der Waals surface area contributed by atoms with E-state index < -0.39 is 10.2 Å². The van der Waals surface area contributed by atoms with Crippen LogP contribution >= 0.6 is 0 Å². The van der Waals surface area contributed by atoms with E-state index in [2.05, 4.69) is 0 Å². The number of nitro groups is 1. The summed E-state index contributed by atoms with van der Waals surface area (Å²) in [6.45, 7) is 0. The van der Waals surface area contributed by atoms with Crippen molar-refractivity contribution >= 4 is 22.0 Å². The second-order valence-electron chi connectivity index (χ2n) is 4.22. The van der Waals surface area contributed by atoms with Crippen LogP contribution in [0.25, 0.3) is 16.3 Å². The normalized spacial score (nSPS) is 11.1. The average Bonchev–Trinajstić information content (AvgIpc) is 2.42. The fourth-order valence-electron chi connectivity index (χ4n) is 2.00. The van der Waals surface area contributed by atoms with Gasteiger partial charge in [-0.25, -0.2) is 18.6 Å². The molecule has 0 aliphatic rings. The molecule has 9 heteroatoms. The van der Waals surface area contributed by atoms with Crippen molar-refractivity contribution in [2.45, 2.75) is 0 Å². The van der Waals surface area contributed by atoms with Gasteiger partial charge in [0.25, 0.3) is 5.52 Å². The molecular formula is C13H9ClN2O6. The Morgan fingerprint density at radius 1 is 0.955 bits per heavy atom. The smallest absolute Gasteiger partial charge is 0.258 e. The lowest BCUT2D eigenvalue weighted by Crippen LogP contribution is -2.68. The van der Waals surface area contributed by atoms with Crippen LogP contribution < -0.4 is 23.0 Å². The lowest BCUT2D eigenvalue weighted by molar-refractivity contribution is -2.00. The first-order valence-corrected chi connectivity index (χ1v) is 7.08. The summed E-state index contributed by atoms with van der Waals surface area (Å²) in [5, 5.41) is 13.0. The van der Waals surface area contributed by atoms with Crippen molar-refractivity contribution in [2.75, 3.05) is 0 Å². The number of pyridine rings is 2. The minimum atomic E-state index is -4.94. The average molecular weight is 325 g/mol. The van der Waals surface area contributed by atoms with Gasteiger partial charge in [0.1, 0.15) is 0 Å². The van der Waals surface area contributed by atoms with Gasteiger partial charge in [-0.1, -0.05) is 18.2 Å². The van der Waals surface area contributed by atoms with E-state index in [1.165, 1.54) is 6.07 Å². The zero-order valence-electron chi connectivity index (χ0n) is 10.9. The molecule has 0 saturated carbocycles. The highest BCUT2D eigenvalue weighted by Crippen LogP contribution is 2.20. The molecule has 2 heterocycles. The predicted molar refractivity (Wildman–Crippen MR) is 63.8 cm³/mol. The summed E-state index contributed by atoms with van der Waals surface area (Å²) in [5.41, 5.74) is 0.731. The van der Waals surface area contributed by atoms with Crippen molar-refractivity contribution in [3.05, 3.63) is 65.0 Å². The van der Waals surface area contributed by atoms with Crippen molar-refractivity contribution < 1.29 is 38.2 Å². The van der Waals surface area contributed by atoms with Crippen molar-refractivity contribution in [3.63, 3.8) is 0 Å². The van der Waals surface area contributed by atoms with E-state index >= 15 is 0 Å². The Balaban J connectivity index is 0.000000309. The van der Waals surface area contributed by atoms with E-state index in [1.54, 1.807) is 10.5 Å². The molecule has 0 spiro atoms. The first-order chi connectivity index (χ1) is 10.3. The van der Waals surface area contributed by atoms with Gasteiger partial charge in [-0.2, -0.15) is 4.40 Å². The quantitative estimate of drug-likeness (QED) is 0.214. The molecule has 8 nitrogen and oxygen atoms in total. The molecule has 1 aromatic carbocycles. The monoisotopic (exact) mass is 324 g/mol. The molecule has 0 N–H and O–H groups in total. The van der Waals surface area contributed by atoms with Crippen LogP contribution in [0.15, 0.2) is 54.9 Å². The first kappa shape index (κ1) is 16.0. The van der Waals surface area contributed by atoms with Crippen LogP contribution in [0.4, 0.5) is 5.69 Å². The van der Waals surface area contributed by atoms with Crippen LogP contribution in [-0.4, -0.2) is 4.92 Å². The molecular weight excluding hydrogens is 316 g/mol. The highest BCUT2D eigenvalue weighted by molar-refractivity contribution is 5.85. The maximum atomic E-state index is 10.9. The molecule has 114 valence electrons. The van der Waals surface area contributed by atoms with Gasteiger partial charge in [0.15, 0.2) is 12.4 Å². The van der Waals surface area contributed by atoms with Crippen LogP contribution in [-0.2, 0) is 0 Å². The van der Waals surface area contributed by atoms with Crippen LogP contribution in [0.5, 0.6) is 0 Å². The molecule has 0 bridgehead atoms. The Bertz CT molecular complexity index is 827. The van der Waals surface area contributed by atoms with Gasteiger partial charge in [0.05, 0.1) is 4.92 Å². The van der Waals surface area contributed by atoms with Gasteiger partial charge < -0.3 is 0 Å². The Morgan fingerprint density at radius 3 is 2.14 bits per heavy atom. The van der Waals surface area contributed by atoms with E-state index in [0.717, 1.165) is 10.8 Å². The van der Waals surface area contributed by atoms with Crippen molar-refractivity contribution in [1.82, 2.24) is 0 Å². The Hall–Kier alpha value is -2.36. The van der Waals surface area contributed by atoms with Gasteiger partial charge in [-0.05, 0) is 11.5 Å². The first-order valence-electron chi connectivity index (χ1n) is 5.84. The van der Waals surface area contributed by atoms with Crippen molar-refractivity contribution in [3.8, 4) is 0 Å². The van der Waals surface area contributed by atoms with Crippen LogP contribution in [0.3, 0.4) is 0 Å². The topological polar surface area (TPSA) is 139 Å². The van der Waals surface area contributed by atoms with Gasteiger partial charge in [0, 0.05) is 23.6 Å². The van der Waals surface area contributed by atoms with E-state index in [4.69, 9.17) is 18.6 Å². The second-order valence-corrected chi connectivity index (χ2v) is 4.98. The minimum absolute atomic E-state index is 0.123. The summed E-state index contributed by atoms with van der Waals surface area (Å²) in [6, 6.07) is 12.9. The number of benzene rings is 1. The highest BCUT2D eigenvalue weighted by Gasteiger charge is 2.18. The SMILES string of the molecule is O=[N+]([O-])c1ccc[n+]2cc3ccccc3cc12.[O-][Cl+3]([O-])([O-])[O-]. The molecule has 0 amide bonds. The van der Waals surface area contributed by atoms with Gasteiger partial charge >= 0.3 is 5.69 Å². The van der Waals surface area contributed by atoms with E-state index in [1.807, 2.05) is 42.7 Å². The Kier molecular flexibility index (Phi) is 4.50. The van der Waals surface area contributed by atoms with Crippen LogP contribution in [0.2, 0.25) is 0 Å². The summed E-state index contributed by atoms with van der Waals surface area (Å²) >= 11 is 0. The van der Waals surface area contributed by atoms with Crippen molar-refractivity contribution in [1.29, 1.82) is 0 Å². The standard InChI is InChI=1S/C13H9N2O2.ClHO4/c16-15(17)12-6-3-7-14-9-11-5-2-1-4-10(11)8-13(12)14;2-1(3,4)5/h1-9H;(H,2,3,4,5)/q+1;/p-1. The Morgan fingerprint density at radius 2 is 1.55 bits per heavy atom. The van der Waals surface area contributed by atoms with Gasteiger partial charge in [-0.3, -0.25) is 10.1 Å². The molecule has 22 heavy (non-hydrogen) atoms. The van der Waals surface area contributed by atoms with Crippen LogP contribution in [0.1, 0.15) is 0 Å². The van der Waals surface area contributed by atoms with Gasteiger partial charge in [-0.15, -0.1) is 10.2 Å². The zero-order chi connectivity index (χ0) is 16.3. The second kappa shape index (κ2) is 6.18. The zero-order valence-corrected chi connectivity index (χ0v) is 11.7. The third-order valence-electron chi connectivity index (χ3n) is 2.80. The molecule has 0 atom stereocenters. The number of aromatic nitrogens is 1. The molecule has 0 unspecified atom stereocenters. The largest absolute Gasteiger partial charge is 0.340 e. The van der Waals surface area contributed by atoms with Gasteiger partial charge in [0.2, 0.25) is 0 Å². The summed E-state index contributed by atoms with van der Waals surface area (Å²) in [4.78, 5) is 10.6. The molecule has 3 rings (SSSR count). The van der Waals surface area contributed by atoms with Crippen LogP contribution in [0, 0.1) is 20.4 Å².